The third-order valence-electron chi connectivity index (χ3n) is 9.17. The van der Waals surface area contributed by atoms with Crippen molar-refractivity contribution in [1.82, 2.24) is 0 Å². The maximum Gasteiger partial charge on any atom is 0.302 e. The molecule has 4 saturated carbocycles. The van der Waals surface area contributed by atoms with E-state index in [2.05, 4.69) is 32.6 Å². The van der Waals surface area contributed by atoms with Gasteiger partial charge in [-0.1, -0.05) is 6.92 Å². The molecule has 0 aromatic heterocycles. The van der Waals surface area contributed by atoms with Crippen LogP contribution in [0.15, 0.2) is 11.8 Å². The van der Waals surface area contributed by atoms with Crippen molar-refractivity contribution in [3.05, 3.63) is 11.8 Å². The van der Waals surface area contributed by atoms with E-state index in [9.17, 15) is 9.59 Å². The van der Waals surface area contributed by atoms with Crippen molar-refractivity contribution in [3.8, 4) is 0 Å². The minimum atomic E-state index is -1.65. The highest BCUT2D eigenvalue weighted by Gasteiger charge is 2.77. The summed E-state index contributed by atoms with van der Waals surface area (Å²) < 4.78 is 12.4. The van der Waals surface area contributed by atoms with Gasteiger partial charge in [-0.3, -0.25) is 9.59 Å². The van der Waals surface area contributed by atoms with E-state index in [1.165, 1.54) is 12.8 Å². The molecule has 4 fully saturated rings. The maximum atomic E-state index is 12.7. The summed E-state index contributed by atoms with van der Waals surface area (Å²) >= 11 is 0. The quantitative estimate of drug-likeness (QED) is 0.475. The van der Waals surface area contributed by atoms with Gasteiger partial charge < -0.3 is 9.16 Å². The van der Waals surface area contributed by atoms with Crippen molar-refractivity contribution in [3.63, 3.8) is 0 Å². The number of allylic oxidation sites excluding steroid dienone is 1. The van der Waals surface area contributed by atoms with Crippen LogP contribution in [0.3, 0.4) is 0 Å². The second kappa shape index (κ2) is 6.21. The summed E-state index contributed by atoms with van der Waals surface area (Å²) in [4.78, 5) is 24.6. The smallest absolute Gasteiger partial charge is 0.302 e. The van der Waals surface area contributed by atoms with E-state index in [0.717, 1.165) is 37.9 Å². The average Bonchev–Trinajstić information content (AvgIpc) is 3.10. The molecule has 5 aliphatic carbocycles. The van der Waals surface area contributed by atoms with Gasteiger partial charge in [0, 0.05) is 36.5 Å². The van der Waals surface area contributed by atoms with Gasteiger partial charge in [-0.2, -0.15) is 0 Å². The lowest BCUT2D eigenvalue weighted by Gasteiger charge is -2.54. The maximum absolute atomic E-state index is 12.7. The van der Waals surface area contributed by atoms with Crippen molar-refractivity contribution in [2.24, 2.45) is 40.4 Å². The molecule has 0 N–H and O–H groups in total. The van der Waals surface area contributed by atoms with Gasteiger partial charge in [-0.05, 0) is 81.5 Å². The van der Waals surface area contributed by atoms with Crippen LogP contribution in [0.1, 0.15) is 58.8 Å². The summed E-state index contributed by atoms with van der Waals surface area (Å²) in [6.07, 6.45) is 9.74. The Balaban J connectivity index is 1.49. The molecule has 29 heavy (non-hydrogen) atoms. The molecule has 160 valence electrons. The van der Waals surface area contributed by atoms with E-state index >= 15 is 0 Å². The van der Waals surface area contributed by atoms with E-state index in [-0.39, 0.29) is 22.9 Å². The first-order valence-corrected chi connectivity index (χ1v) is 15.1. The largest absolute Gasteiger partial charge is 0.548 e. The number of esters is 1. The number of rotatable bonds is 3. The molecule has 0 amide bonds. The lowest BCUT2D eigenvalue weighted by atomic mass is 9.49. The Labute approximate surface area is 175 Å². The van der Waals surface area contributed by atoms with Crippen LogP contribution >= 0.6 is 0 Å². The van der Waals surface area contributed by atoms with Gasteiger partial charge in [0.15, 0.2) is 0 Å². The first-order chi connectivity index (χ1) is 13.6. The number of ketones is 1. The van der Waals surface area contributed by atoms with E-state index in [0.29, 0.717) is 35.4 Å². The van der Waals surface area contributed by atoms with Crippen LogP contribution in [0.5, 0.6) is 0 Å². The minimum Gasteiger partial charge on any atom is -0.548 e. The molecule has 5 heteroatoms. The molecule has 0 radical (unpaired) electrons. The second-order valence-corrected chi connectivity index (χ2v) is 16.1. The highest BCUT2D eigenvalue weighted by molar-refractivity contribution is 6.70. The number of hydrogen-bond donors (Lipinski definition) is 0. The van der Waals surface area contributed by atoms with Crippen LogP contribution in [0.2, 0.25) is 19.6 Å². The normalized spacial score (nSPS) is 47.9. The summed E-state index contributed by atoms with van der Waals surface area (Å²) in [5.41, 5.74) is 0.0103. The van der Waals surface area contributed by atoms with Gasteiger partial charge in [0.2, 0.25) is 8.32 Å². The van der Waals surface area contributed by atoms with Crippen LogP contribution in [0.25, 0.3) is 0 Å². The molecule has 0 saturated heterocycles. The fourth-order valence-electron chi connectivity index (χ4n) is 8.26. The summed E-state index contributed by atoms with van der Waals surface area (Å²) in [5.74, 6) is 4.10. The number of Topliss-reactive ketones (excluding diaryl/α,β-unsaturated/α-hetero) is 1. The van der Waals surface area contributed by atoms with Crippen molar-refractivity contribution in [2.45, 2.75) is 84.5 Å². The lowest BCUT2D eigenvalue weighted by Crippen LogP contribution is -2.50. The zero-order valence-corrected chi connectivity index (χ0v) is 19.6. The third-order valence-corrected chi connectivity index (χ3v) is 10.0. The average molecular weight is 417 g/mol. The van der Waals surface area contributed by atoms with E-state index in [1.54, 1.807) is 6.92 Å². The highest BCUT2D eigenvalue weighted by atomic mass is 28.4. The fraction of sp³-hybridized carbons (Fsp3) is 0.833. The van der Waals surface area contributed by atoms with Crippen LogP contribution in [-0.4, -0.2) is 26.2 Å². The Morgan fingerprint density at radius 2 is 1.90 bits per heavy atom. The molecule has 0 bridgehead atoms. The van der Waals surface area contributed by atoms with Crippen LogP contribution in [0.4, 0.5) is 0 Å². The third kappa shape index (κ3) is 2.75. The van der Waals surface area contributed by atoms with Crippen molar-refractivity contribution < 1.29 is 18.8 Å². The number of hydrogen-bond acceptors (Lipinski definition) is 4. The van der Waals surface area contributed by atoms with E-state index < -0.39 is 8.32 Å². The Morgan fingerprint density at radius 3 is 2.59 bits per heavy atom. The Hall–Kier alpha value is -1.10. The number of ether oxygens (including phenoxy) is 1. The predicted molar refractivity (Wildman–Crippen MR) is 113 cm³/mol. The Kier molecular flexibility index (Phi) is 4.25. The standard InChI is InChI=1S/C24H36O4Si/c1-14(25)27-22-20-13-16(28-29(3,4)5)12-15-6-7-17-18-8-9-21(26)23(18,2)11-10-19(17)24(15,20)22/h13,15,17-20,22H,6-12H2,1-5H3/t15-,17-,18-,19-,20-,22+,23-,24+/m0/s1. The molecule has 0 heterocycles. The molecular weight excluding hydrogens is 380 g/mol. The molecule has 0 aromatic carbocycles. The molecule has 0 unspecified atom stereocenters. The predicted octanol–water partition coefficient (Wildman–Crippen LogP) is 5.10. The van der Waals surface area contributed by atoms with Gasteiger partial charge in [0.1, 0.15) is 11.9 Å². The Bertz CT molecular complexity index is 782. The lowest BCUT2D eigenvalue weighted by molar-refractivity contribution is -0.147. The minimum absolute atomic E-state index is 0.0157. The van der Waals surface area contributed by atoms with Gasteiger partial charge in [0.25, 0.3) is 0 Å². The highest BCUT2D eigenvalue weighted by Crippen LogP contribution is 2.76. The first-order valence-electron chi connectivity index (χ1n) is 11.7. The number of carbonyl (C=O) groups excluding carboxylic acids is 2. The molecule has 8 atom stereocenters. The van der Waals surface area contributed by atoms with Crippen LogP contribution < -0.4 is 0 Å². The van der Waals surface area contributed by atoms with Crippen molar-refractivity contribution in [1.29, 1.82) is 0 Å². The van der Waals surface area contributed by atoms with Crippen molar-refractivity contribution in [2.75, 3.05) is 0 Å². The van der Waals surface area contributed by atoms with Crippen molar-refractivity contribution >= 4 is 20.1 Å². The zero-order chi connectivity index (χ0) is 20.8. The van der Waals surface area contributed by atoms with Gasteiger partial charge in [-0.15, -0.1) is 0 Å². The number of fused-ring (bicyclic) bond motifs is 3. The monoisotopic (exact) mass is 416 g/mol. The molecule has 4 nitrogen and oxygen atoms in total. The molecular formula is C24H36O4Si. The van der Waals surface area contributed by atoms with Gasteiger partial charge in [0.05, 0.1) is 5.76 Å². The van der Waals surface area contributed by atoms with E-state index in [4.69, 9.17) is 9.16 Å². The molecule has 5 rings (SSSR count). The summed E-state index contributed by atoms with van der Waals surface area (Å²) in [7, 11) is -1.65. The fourth-order valence-corrected chi connectivity index (χ4v) is 9.19. The van der Waals surface area contributed by atoms with Crippen LogP contribution in [-0.2, 0) is 18.8 Å². The summed E-state index contributed by atoms with van der Waals surface area (Å²) in [5, 5.41) is 0. The van der Waals surface area contributed by atoms with E-state index in [1.807, 2.05) is 0 Å². The molecule has 1 spiro atoms. The Morgan fingerprint density at radius 1 is 1.14 bits per heavy atom. The second-order valence-electron chi connectivity index (χ2n) is 11.7. The number of carbonyl (C=O) groups is 2. The molecule has 5 aliphatic rings. The summed E-state index contributed by atoms with van der Waals surface area (Å²) in [6, 6.07) is 0. The van der Waals surface area contributed by atoms with Gasteiger partial charge >= 0.3 is 5.97 Å². The van der Waals surface area contributed by atoms with Gasteiger partial charge in [-0.25, -0.2) is 0 Å². The topological polar surface area (TPSA) is 52.6 Å². The molecule has 0 aliphatic heterocycles. The molecule has 0 aromatic rings. The zero-order valence-electron chi connectivity index (χ0n) is 18.6. The first kappa shape index (κ1) is 19.8. The SMILES string of the molecule is CC(=O)O[C@@H]1[C@@H]2C=C(O[Si](C)(C)C)C[C@@H]3CC[C@@H]4[C@H](CC[C@]5(C)C(=O)CC[C@@H]45)[C@@]312. The summed E-state index contributed by atoms with van der Waals surface area (Å²) in [6.45, 7) is 10.5. The van der Waals surface area contributed by atoms with Crippen LogP contribution in [0, 0.1) is 40.4 Å².